The number of carbonyl (C=O) groups excluding carboxylic acids is 2. The Kier molecular flexibility index (Phi) is 7.16. The molecule has 1 amide bonds. The fourth-order valence-electron chi connectivity index (χ4n) is 3.59. The Balaban J connectivity index is 1.69. The number of likely N-dealkylation sites (tertiary alicyclic amines) is 1. The SMILES string of the molecule is COC(=O)CCCN1CCC[C@@H](C(=O)NC2CCCCC2)C1. The van der Waals surface area contributed by atoms with E-state index in [9.17, 15) is 9.59 Å². The van der Waals surface area contributed by atoms with Crippen molar-refractivity contribution in [1.29, 1.82) is 0 Å². The molecule has 1 heterocycles. The van der Waals surface area contributed by atoms with Gasteiger partial charge >= 0.3 is 5.97 Å². The predicted octanol–water partition coefficient (Wildman–Crippen LogP) is 2.10. The third-order valence-corrected chi connectivity index (χ3v) is 4.91. The normalized spacial score (nSPS) is 24.0. The van der Waals surface area contributed by atoms with Crippen molar-refractivity contribution < 1.29 is 14.3 Å². The summed E-state index contributed by atoms with van der Waals surface area (Å²) in [6, 6.07) is 0.399. The van der Waals surface area contributed by atoms with Crippen molar-refractivity contribution >= 4 is 11.9 Å². The van der Waals surface area contributed by atoms with Crippen LogP contribution in [-0.2, 0) is 14.3 Å². The minimum atomic E-state index is -0.149. The zero-order valence-electron chi connectivity index (χ0n) is 13.8. The van der Waals surface area contributed by atoms with Gasteiger partial charge in [-0.1, -0.05) is 19.3 Å². The van der Waals surface area contributed by atoms with Crippen LogP contribution in [0.5, 0.6) is 0 Å². The largest absolute Gasteiger partial charge is 0.469 e. The lowest BCUT2D eigenvalue weighted by atomic mass is 9.93. The first-order chi connectivity index (χ1) is 10.7. The monoisotopic (exact) mass is 310 g/mol. The van der Waals surface area contributed by atoms with Crippen LogP contribution in [0.1, 0.15) is 57.8 Å². The van der Waals surface area contributed by atoms with Crippen molar-refractivity contribution in [3.05, 3.63) is 0 Å². The molecule has 2 rings (SSSR count). The van der Waals surface area contributed by atoms with Crippen LogP contribution in [-0.4, -0.2) is 49.6 Å². The van der Waals surface area contributed by atoms with Gasteiger partial charge in [0, 0.05) is 19.0 Å². The number of rotatable bonds is 6. The van der Waals surface area contributed by atoms with Gasteiger partial charge in [-0.3, -0.25) is 9.59 Å². The zero-order chi connectivity index (χ0) is 15.8. The maximum Gasteiger partial charge on any atom is 0.305 e. The number of methoxy groups -OCH3 is 1. The van der Waals surface area contributed by atoms with Crippen LogP contribution in [0.25, 0.3) is 0 Å². The van der Waals surface area contributed by atoms with Gasteiger partial charge in [0.1, 0.15) is 0 Å². The first-order valence-corrected chi connectivity index (χ1v) is 8.78. The molecule has 0 bridgehead atoms. The molecule has 0 aromatic heterocycles. The quantitative estimate of drug-likeness (QED) is 0.763. The molecule has 1 aliphatic heterocycles. The van der Waals surface area contributed by atoms with Crippen LogP contribution in [0.2, 0.25) is 0 Å². The third-order valence-electron chi connectivity index (χ3n) is 4.91. The van der Waals surface area contributed by atoms with E-state index < -0.39 is 0 Å². The summed E-state index contributed by atoms with van der Waals surface area (Å²) >= 11 is 0. The van der Waals surface area contributed by atoms with E-state index in [1.165, 1.54) is 26.4 Å². The molecule has 5 nitrogen and oxygen atoms in total. The van der Waals surface area contributed by atoms with Crippen LogP contribution < -0.4 is 5.32 Å². The van der Waals surface area contributed by atoms with E-state index in [1.54, 1.807) is 0 Å². The molecular weight excluding hydrogens is 280 g/mol. The number of hydrogen-bond acceptors (Lipinski definition) is 4. The highest BCUT2D eigenvalue weighted by atomic mass is 16.5. The van der Waals surface area contributed by atoms with E-state index in [0.29, 0.717) is 12.5 Å². The standard InChI is InChI=1S/C17H30N2O3/c1-22-16(20)10-6-12-19-11-5-7-14(13-19)17(21)18-15-8-3-2-4-9-15/h14-15H,2-13H2,1H3,(H,18,21)/t14-/m1/s1. The Morgan fingerprint density at radius 1 is 1.14 bits per heavy atom. The lowest BCUT2D eigenvalue weighted by molar-refractivity contribution is -0.141. The van der Waals surface area contributed by atoms with Crippen molar-refractivity contribution in [2.75, 3.05) is 26.7 Å². The molecule has 0 aromatic carbocycles. The number of piperidine rings is 1. The Hall–Kier alpha value is -1.10. The van der Waals surface area contributed by atoms with Crippen molar-refractivity contribution in [3.63, 3.8) is 0 Å². The van der Waals surface area contributed by atoms with Crippen molar-refractivity contribution in [3.8, 4) is 0 Å². The summed E-state index contributed by atoms with van der Waals surface area (Å²) in [6.45, 7) is 2.75. The molecule has 22 heavy (non-hydrogen) atoms. The predicted molar refractivity (Wildman–Crippen MR) is 85.4 cm³/mol. The molecule has 1 aliphatic carbocycles. The minimum Gasteiger partial charge on any atom is -0.469 e. The number of nitrogens with one attached hydrogen (secondary N) is 1. The second kappa shape index (κ2) is 9.13. The van der Waals surface area contributed by atoms with Crippen molar-refractivity contribution in [1.82, 2.24) is 10.2 Å². The Morgan fingerprint density at radius 3 is 2.64 bits per heavy atom. The van der Waals surface area contributed by atoms with Gasteiger partial charge in [0.2, 0.25) is 5.91 Å². The zero-order valence-corrected chi connectivity index (χ0v) is 13.8. The van der Waals surface area contributed by atoms with E-state index in [-0.39, 0.29) is 17.8 Å². The number of nitrogens with zero attached hydrogens (tertiary/aromatic N) is 1. The Bertz CT molecular complexity index is 367. The highest BCUT2D eigenvalue weighted by Gasteiger charge is 2.27. The second-order valence-electron chi connectivity index (χ2n) is 6.66. The summed E-state index contributed by atoms with van der Waals surface area (Å²) in [5.41, 5.74) is 0. The summed E-state index contributed by atoms with van der Waals surface area (Å²) in [5.74, 6) is 0.210. The average Bonchev–Trinajstić information content (AvgIpc) is 2.56. The van der Waals surface area contributed by atoms with E-state index >= 15 is 0 Å². The van der Waals surface area contributed by atoms with Crippen LogP contribution in [0.3, 0.4) is 0 Å². The molecule has 0 spiro atoms. The van der Waals surface area contributed by atoms with Gasteiger partial charge in [0.25, 0.3) is 0 Å². The second-order valence-corrected chi connectivity index (χ2v) is 6.66. The van der Waals surface area contributed by atoms with E-state index in [4.69, 9.17) is 0 Å². The Labute approximate surface area is 133 Å². The van der Waals surface area contributed by atoms with Gasteiger partial charge in [0.15, 0.2) is 0 Å². The number of esters is 1. The molecule has 126 valence electrons. The number of hydrogen-bond donors (Lipinski definition) is 1. The summed E-state index contributed by atoms with van der Waals surface area (Å²) in [5, 5.41) is 3.25. The van der Waals surface area contributed by atoms with E-state index in [2.05, 4.69) is 15.0 Å². The first kappa shape index (κ1) is 17.3. The molecule has 0 aromatic rings. The molecule has 1 atom stereocenters. The molecule has 5 heteroatoms. The van der Waals surface area contributed by atoms with E-state index in [0.717, 1.165) is 51.7 Å². The van der Waals surface area contributed by atoms with Gasteiger partial charge < -0.3 is 15.0 Å². The van der Waals surface area contributed by atoms with Crippen LogP contribution in [0.15, 0.2) is 0 Å². The van der Waals surface area contributed by atoms with Gasteiger partial charge in [-0.2, -0.15) is 0 Å². The molecule has 1 saturated heterocycles. The van der Waals surface area contributed by atoms with Crippen molar-refractivity contribution in [2.24, 2.45) is 5.92 Å². The summed E-state index contributed by atoms with van der Waals surface area (Å²) in [4.78, 5) is 25.9. The minimum absolute atomic E-state index is 0.119. The van der Waals surface area contributed by atoms with E-state index in [1.807, 2.05) is 0 Å². The topological polar surface area (TPSA) is 58.6 Å². The van der Waals surface area contributed by atoms with Crippen LogP contribution in [0, 0.1) is 5.92 Å². The maximum atomic E-state index is 12.4. The third kappa shape index (κ3) is 5.59. The molecular formula is C17H30N2O3. The molecule has 1 N–H and O–H groups in total. The summed E-state index contributed by atoms with van der Waals surface area (Å²) < 4.78 is 4.66. The smallest absolute Gasteiger partial charge is 0.305 e. The molecule has 0 radical (unpaired) electrons. The lowest BCUT2D eigenvalue weighted by Crippen LogP contribution is -2.46. The number of ether oxygens (including phenoxy) is 1. The van der Waals surface area contributed by atoms with Crippen molar-refractivity contribution in [2.45, 2.75) is 63.8 Å². The first-order valence-electron chi connectivity index (χ1n) is 8.78. The van der Waals surface area contributed by atoms with Crippen LogP contribution >= 0.6 is 0 Å². The van der Waals surface area contributed by atoms with Gasteiger partial charge in [0.05, 0.1) is 13.0 Å². The van der Waals surface area contributed by atoms with Gasteiger partial charge in [-0.25, -0.2) is 0 Å². The van der Waals surface area contributed by atoms with Gasteiger partial charge in [-0.15, -0.1) is 0 Å². The summed E-state index contributed by atoms with van der Waals surface area (Å²) in [7, 11) is 1.43. The molecule has 2 aliphatic rings. The number of carbonyl (C=O) groups is 2. The number of amides is 1. The Morgan fingerprint density at radius 2 is 1.91 bits per heavy atom. The highest BCUT2D eigenvalue weighted by Crippen LogP contribution is 2.21. The fourth-order valence-corrected chi connectivity index (χ4v) is 3.59. The summed E-state index contributed by atoms with van der Waals surface area (Å²) in [6.07, 6.45) is 9.42. The molecule has 1 saturated carbocycles. The average molecular weight is 310 g/mol. The molecule has 2 fully saturated rings. The lowest BCUT2D eigenvalue weighted by Gasteiger charge is -2.33. The van der Waals surface area contributed by atoms with Gasteiger partial charge in [-0.05, 0) is 45.2 Å². The highest BCUT2D eigenvalue weighted by molar-refractivity contribution is 5.79. The maximum absolute atomic E-state index is 12.4. The molecule has 0 unspecified atom stereocenters. The van der Waals surface area contributed by atoms with Crippen LogP contribution in [0.4, 0.5) is 0 Å². The fraction of sp³-hybridized carbons (Fsp3) is 0.882.